The Balaban J connectivity index is 2.71. The smallest absolute Gasteiger partial charge is 0.288 e. The average molecular weight is 358 g/mol. The number of phenols is 1. The van der Waals surface area contributed by atoms with Gasteiger partial charge >= 0.3 is 0 Å². The molecule has 2 aromatic rings. The monoisotopic (exact) mass is 357 g/mol. The van der Waals surface area contributed by atoms with Crippen LogP contribution in [0.5, 0.6) is 5.75 Å². The van der Waals surface area contributed by atoms with Gasteiger partial charge in [-0.15, -0.1) is 0 Å². The fraction of sp³-hybridized carbons (Fsp3) is 0. The van der Waals surface area contributed by atoms with Crippen LogP contribution in [-0.2, 0) is 9.84 Å². The molecule has 0 spiro atoms. The Morgan fingerprint density at radius 2 is 1.75 bits per heavy atom. The number of nitro groups is 1. The number of aromatic hydroxyl groups is 1. The van der Waals surface area contributed by atoms with E-state index in [-0.39, 0.29) is 4.90 Å². The van der Waals surface area contributed by atoms with Crippen molar-refractivity contribution in [2.75, 3.05) is 0 Å². The minimum absolute atomic E-state index is 0.380. The van der Waals surface area contributed by atoms with Crippen LogP contribution in [0, 0.1) is 10.1 Å². The van der Waals surface area contributed by atoms with Crippen molar-refractivity contribution >= 4 is 31.5 Å². The van der Waals surface area contributed by atoms with Crippen LogP contribution in [0.25, 0.3) is 0 Å². The SMILES string of the molecule is O=[N+]([O-])c1ccccc1S(=O)(=O)c1ccc(Br)cc1O. The first-order valence-electron chi connectivity index (χ1n) is 5.31. The number of para-hydroxylation sites is 1. The summed E-state index contributed by atoms with van der Waals surface area (Å²) in [6, 6.07) is 8.82. The third-order valence-corrected chi connectivity index (χ3v) is 4.90. The highest BCUT2D eigenvalue weighted by molar-refractivity contribution is 9.10. The first kappa shape index (κ1) is 14.5. The standard InChI is InChI=1S/C12H8BrNO5S/c13-8-5-6-12(10(15)7-8)20(18,19)11-4-2-1-3-9(11)14(16)17/h1-7,15H. The van der Waals surface area contributed by atoms with Crippen molar-refractivity contribution in [1.29, 1.82) is 0 Å². The van der Waals surface area contributed by atoms with E-state index in [9.17, 15) is 23.6 Å². The molecule has 0 saturated heterocycles. The normalized spacial score (nSPS) is 11.2. The summed E-state index contributed by atoms with van der Waals surface area (Å²) in [5, 5.41) is 20.6. The second-order valence-electron chi connectivity index (χ2n) is 3.84. The number of phenolic OH excluding ortho intramolecular Hbond substituents is 1. The zero-order chi connectivity index (χ0) is 14.9. The van der Waals surface area contributed by atoms with Gasteiger partial charge < -0.3 is 5.11 Å². The highest BCUT2D eigenvalue weighted by atomic mass is 79.9. The maximum absolute atomic E-state index is 12.4. The van der Waals surface area contributed by atoms with E-state index in [1.54, 1.807) is 0 Å². The molecule has 1 N–H and O–H groups in total. The van der Waals surface area contributed by atoms with E-state index in [4.69, 9.17) is 0 Å². The van der Waals surface area contributed by atoms with Crippen molar-refractivity contribution in [2.24, 2.45) is 0 Å². The van der Waals surface area contributed by atoms with Gasteiger partial charge in [-0.05, 0) is 24.3 Å². The first-order valence-corrected chi connectivity index (χ1v) is 7.58. The lowest BCUT2D eigenvalue weighted by Crippen LogP contribution is -2.05. The van der Waals surface area contributed by atoms with Crippen LogP contribution in [-0.4, -0.2) is 18.4 Å². The highest BCUT2D eigenvalue weighted by Crippen LogP contribution is 2.34. The van der Waals surface area contributed by atoms with E-state index in [1.807, 2.05) is 0 Å². The van der Waals surface area contributed by atoms with Gasteiger partial charge in [0.25, 0.3) is 5.69 Å². The minimum Gasteiger partial charge on any atom is -0.507 e. The van der Waals surface area contributed by atoms with Crippen LogP contribution >= 0.6 is 15.9 Å². The van der Waals surface area contributed by atoms with Gasteiger partial charge in [-0.2, -0.15) is 0 Å². The van der Waals surface area contributed by atoms with Crippen molar-refractivity contribution in [3.63, 3.8) is 0 Å². The Hall–Kier alpha value is -1.93. The molecule has 0 aliphatic heterocycles. The minimum atomic E-state index is -4.17. The molecule has 0 saturated carbocycles. The van der Waals surface area contributed by atoms with Crippen LogP contribution < -0.4 is 0 Å². The summed E-state index contributed by atoms with van der Waals surface area (Å²) in [5.41, 5.74) is -0.533. The molecule has 8 heteroatoms. The quantitative estimate of drug-likeness (QED) is 0.672. The lowest BCUT2D eigenvalue weighted by atomic mass is 10.3. The van der Waals surface area contributed by atoms with Crippen LogP contribution in [0.1, 0.15) is 0 Å². The van der Waals surface area contributed by atoms with Gasteiger partial charge in [-0.3, -0.25) is 10.1 Å². The molecule has 6 nitrogen and oxygen atoms in total. The van der Waals surface area contributed by atoms with E-state index in [0.29, 0.717) is 4.47 Å². The van der Waals surface area contributed by atoms with Crippen molar-refractivity contribution in [3.8, 4) is 5.75 Å². The molecule has 0 fully saturated rings. The molecule has 2 aromatic carbocycles. The second kappa shape index (κ2) is 5.22. The molecule has 20 heavy (non-hydrogen) atoms. The van der Waals surface area contributed by atoms with Crippen molar-refractivity contribution in [1.82, 2.24) is 0 Å². The number of hydrogen-bond acceptors (Lipinski definition) is 5. The van der Waals surface area contributed by atoms with Crippen molar-refractivity contribution < 1.29 is 18.4 Å². The molecule has 0 aliphatic rings. The number of nitro benzene ring substituents is 1. The van der Waals surface area contributed by atoms with Crippen LogP contribution in [0.3, 0.4) is 0 Å². The molecular formula is C12H8BrNO5S. The fourth-order valence-electron chi connectivity index (χ4n) is 1.67. The lowest BCUT2D eigenvalue weighted by Gasteiger charge is -2.07. The Kier molecular flexibility index (Phi) is 3.78. The molecule has 0 aromatic heterocycles. The highest BCUT2D eigenvalue weighted by Gasteiger charge is 2.29. The number of nitrogens with zero attached hydrogens (tertiary/aromatic N) is 1. The van der Waals surface area contributed by atoms with E-state index in [0.717, 1.165) is 12.1 Å². The largest absolute Gasteiger partial charge is 0.507 e. The van der Waals surface area contributed by atoms with Crippen molar-refractivity contribution in [2.45, 2.75) is 9.79 Å². The molecule has 104 valence electrons. The molecule has 2 rings (SSSR count). The van der Waals surface area contributed by atoms with Gasteiger partial charge in [-0.1, -0.05) is 28.1 Å². The Labute approximate surface area is 122 Å². The maximum Gasteiger partial charge on any atom is 0.288 e. The number of hydrogen-bond donors (Lipinski definition) is 1. The Morgan fingerprint density at radius 3 is 2.35 bits per heavy atom. The third kappa shape index (κ3) is 2.52. The Bertz CT molecular complexity index is 788. The fourth-order valence-corrected chi connectivity index (χ4v) is 3.51. The van der Waals surface area contributed by atoms with E-state index >= 15 is 0 Å². The molecule has 0 bridgehead atoms. The van der Waals surface area contributed by atoms with Gasteiger partial charge in [0.2, 0.25) is 9.84 Å². The zero-order valence-electron chi connectivity index (χ0n) is 9.86. The summed E-state index contributed by atoms with van der Waals surface area (Å²) in [5.74, 6) is -0.475. The topological polar surface area (TPSA) is 97.5 Å². The van der Waals surface area contributed by atoms with Crippen LogP contribution in [0.4, 0.5) is 5.69 Å². The van der Waals surface area contributed by atoms with E-state index in [1.165, 1.54) is 30.3 Å². The maximum atomic E-state index is 12.4. The van der Waals surface area contributed by atoms with Gasteiger partial charge in [0, 0.05) is 10.5 Å². The second-order valence-corrected chi connectivity index (χ2v) is 6.64. The molecule has 0 unspecified atom stereocenters. The summed E-state index contributed by atoms with van der Waals surface area (Å²) in [6.45, 7) is 0. The molecule has 0 atom stereocenters. The van der Waals surface area contributed by atoms with Gasteiger partial charge in [0.05, 0.1) is 4.92 Å². The molecule has 0 amide bonds. The predicted octanol–water partition coefficient (Wildman–Crippen LogP) is 2.90. The zero-order valence-corrected chi connectivity index (χ0v) is 12.3. The summed E-state index contributed by atoms with van der Waals surface area (Å²) >= 11 is 3.09. The molecule has 0 radical (unpaired) electrons. The molecule has 0 heterocycles. The number of halogens is 1. The van der Waals surface area contributed by atoms with Crippen molar-refractivity contribution in [3.05, 3.63) is 57.1 Å². The van der Waals surface area contributed by atoms with E-state index < -0.39 is 31.1 Å². The van der Waals surface area contributed by atoms with E-state index in [2.05, 4.69) is 15.9 Å². The lowest BCUT2D eigenvalue weighted by molar-refractivity contribution is -0.387. The summed E-state index contributed by atoms with van der Waals surface area (Å²) in [7, 11) is -4.17. The van der Waals surface area contributed by atoms with Crippen LogP contribution in [0.2, 0.25) is 0 Å². The molecular weight excluding hydrogens is 350 g/mol. The first-order chi connectivity index (χ1) is 9.34. The molecule has 0 aliphatic carbocycles. The van der Waals surface area contributed by atoms with Crippen LogP contribution in [0.15, 0.2) is 56.7 Å². The Morgan fingerprint density at radius 1 is 1.10 bits per heavy atom. The average Bonchev–Trinajstić information content (AvgIpc) is 2.38. The van der Waals surface area contributed by atoms with Gasteiger partial charge in [-0.25, -0.2) is 8.42 Å². The number of sulfone groups is 1. The van der Waals surface area contributed by atoms with Gasteiger partial charge in [0.1, 0.15) is 15.5 Å². The summed E-state index contributed by atoms with van der Waals surface area (Å²) in [6.07, 6.45) is 0. The number of benzene rings is 2. The summed E-state index contributed by atoms with van der Waals surface area (Å²) < 4.78 is 25.3. The predicted molar refractivity (Wildman–Crippen MR) is 74.4 cm³/mol. The summed E-state index contributed by atoms with van der Waals surface area (Å²) in [4.78, 5) is 9.30. The number of rotatable bonds is 3. The van der Waals surface area contributed by atoms with Gasteiger partial charge in [0.15, 0.2) is 0 Å². The third-order valence-electron chi connectivity index (χ3n) is 2.56.